The highest BCUT2D eigenvalue weighted by Gasteiger charge is 2.11. The monoisotopic (exact) mass is 412 g/mol. The molecule has 0 heterocycles. The van der Waals surface area contributed by atoms with Crippen LogP contribution in [0.4, 0.5) is 0 Å². The van der Waals surface area contributed by atoms with Crippen molar-refractivity contribution in [2.24, 2.45) is 0 Å². The number of methoxy groups -OCH3 is 1. The SMILES string of the molecule is COc1cc(/C=C(/C#N)C(=O)NCc2ccccc2)ccc1OCc1ccc(C)cc1. The van der Waals surface area contributed by atoms with E-state index in [0.29, 0.717) is 30.2 Å². The van der Waals surface area contributed by atoms with Gasteiger partial charge in [-0.2, -0.15) is 5.26 Å². The summed E-state index contributed by atoms with van der Waals surface area (Å²) >= 11 is 0. The number of carbonyl (C=O) groups is 1. The third-order valence-electron chi connectivity index (χ3n) is 4.67. The molecule has 0 saturated heterocycles. The Hall–Kier alpha value is -4.04. The highest BCUT2D eigenvalue weighted by Crippen LogP contribution is 2.29. The molecule has 3 aromatic carbocycles. The van der Waals surface area contributed by atoms with Crippen molar-refractivity contribution in [1.29, 1.82) is 5.26 Å². The first-order valence-electron chi connectivity index (χ1n) is 9.89. The van der Waals surface area contributed by atoms with Crippen LogP contribution in [-0.2, 0) is 17.9 Å². The number of ether oxygens (including phenoxy) is 2. The predicted molar refractivity (Wildman–Crippen MR) is 120 cm³/mol. The Bertz CT molecular complexity index is 1100. The molecule has 5 nitrogen and oxygen atoms in total. The lowest BCUT2D eigenvalue weighted by atomic mass is 10.1. The zero-order valence-electron chi connectivity index (χ0n) is 17.6. The van der Waals surface area contributed by atoms with Crippen molar-refractivity contribution in [3.05, 3.63) is 101 Å². The van der Waals surface area contributed by atoms with Crippen LogP contribution in [0.1, 0.15) is 22.3 Å². The van der Waals surface area contributed by atoms with Gasteiger partial charge in [0.15, 0.2) is 11.5 Å². The van der Waals surface area contributed by atoms with Crippen LogP contribution in [0.5, 0.6) is 11.5 Å². The number of aryl methyl sites for hydroxylation is 1. The lowest BCUT2D eigenvalue weighted by Crippen LogP contribution is -2.23. The van der Waals surface area contributed by atoms with E-state index in [2.05, 4.69) is 5.32 Å². The molecule has 0 aliphatic heterocycles. The highest BCUT2D eigenvalue weighted by molar-refractivity contribution is 6.01. The molecule has 0 fully saturated rings. The largest absolute Gasteiger partial charge is 0.493 e. The first-order chi connectivity index (χ1) is 15.1. The van der Waals surface area contributed by atoms with Crippen molar-refractivity contribution in [3.63, 3.8) is 0 Å². The Morgan fingerprint density at radius 2 is 1.74 bits per heavy atom. The fraction of sp³-hybridized carbons (Fsp3) is 0.154. The van der Waals surface area contributed by atoms with Gasteiger partial charge in [0.25, 0.3) is 5.91 Å². The van der Waals surface area contributed by atoms with Crippen molar-refractivity contribution in [3.8, 4) is 17.6 Å². The minimum atomic E-state index is -0.426. The molecule has 0 aliphatic rings. The quantitative estimate of drug-likeness (QED) is 0.426. The van der Waals surface area contributed by atoms with Gasteiger partial charge in [-0.05, 0) is 41.8 Å². The number of nitriles is 1. The highest BCUT2D eigenvalue weighted by atomic mass is 16.5. The van der Waals surface area contributed by atoms with Crippen molar-refractivity contribution in [1.82, 2.24) is 5.32 Å². The molecule has 31 heavy (non-hydrogen) atoms. The van der Waals surface area contributed by atoms with Crippen LogP contribution in [0.15, 0.2) is 78.4 Å². The van der Waals surface area contributed by atoms with E-state index in [1.807, 2.05) is 67.6 Å². The number of rotatable bonds is 8. The Morgan fingerprint density at radius 3 is 2.42 bits per heavy atom. The molecule has 3 rings (SSSR count). The molecule has 156 valence electrons. The average molecular weight is 412 g/mol. The molecule has 0 aromatic heterocycles. The minimum absolute atomic E-state index is 0.0197. The van der Waals surface area contributed by atoms with E-state index in [4.69, 9.17) is 9.47 Å². The number of carbonyl (C=O) groups excluding carboxylic acids is 1. The number of amides is 1. The maximum Gasteiger partial charge on any atom is 0.262 e. The summed E-state index contributed by atoms with van der Waals surface area (Å²) in [5.41, 5.74) is 3.90. The maximum absolute atomic E-state index is 12.4. The van der Waals surface area contributed by atoms with Crippen molar-refractivity contribution in [2.75, 3.05) is 7.11 Å². The van der Waals surface area contributed by atoms with Crippen molar-refractivity contribution < 1.29 is 14.3 Å². The number of nitrogens with one attached hydrogen (secondary N) is 1. The molecule has 1 amide bonds. The smallest absolute Gasteiger partial charge is 0.262 e. The number of nitrogens with zero attached hydrogens (tertiary/aromatic N) is 1. The van der Waals surface area contributed by atoms with Crippen LogP contribution < -0.4 is 14.8 Å². The summed E-state index contributed by atoms with van der Waals surface area (Å²) < 4.78 is 11.3. The van der Waals surface area contributed by atoms with E-state index in [9.17, 15) is 10.1 Å². The fourth-order valence-corrected chi connectivity index (χ4v) is 2.93. The van der Waals surface area contributed by atoms with Gasteiger partial charge in [0.2, 0.25) is 0 Å². The van der Waals surface area contributed by atoms with Gasteiger partial charge in [-0.3, -0.25) is 4.79 Å². The second kappa shape index (κ2) is 10.7. The van der Waals surface area contributed by atoms with Gasteiger partial charge in [-0.15, -0.1) is 0 Å². The van der Waals surface area contributed by atoms with E-state index >= 15 is 0 Å². The Labute approximate surface area is 182 Å². The molecule has 1 N–H and O–H groups in total. The average Bonchev–Trinajstić information content (AvgIpc) is 2.81. The van der Waals surface area contributed by atoms with Gasteiger partial charge in [0.05, 0.1) is 7.11 Å². The van der Waals surface area contributed by atoms with E-state index in [-0.39, 0.29) is 5.57 Å². The second-order valence-electron chi connectivity index (χ2n) is 7.02. The summed E-state index contributed by atoms with van der Waals surface area (Å²) in [5, 5.41) is 12.2. The zero-order valence-corrected chi connectivity index (χ0v) is 17.6. The van der Waals surface area contributed by atoms with Gasteiger partial charge < -0.3 is 14.8 Å². The molecule has 0 radical (unpaired) electrons. The van der Waals surface area contributed by atoms with Crippen LogP contribution in [-0.4, -0.2) is 13.0 Å². The van der Waals surface area contributed by atoms with Gasteiger partial charge >= 0.3 is 0 Å². The molecule has 0 spiro atoms. The van der Waals surface area contributed by atoms with E-state index in [1.54, 1.807) is 25.3 Å². The van der Waals surface area contributed by atoms with Crippen LogP contribution in [0.3, 0.4) is 0 Å². The molecular weight excluding hydrogens is 388 g/mol. The van der Waals surface area contributed by atoms with Crippen LogP contribution in [0, 0.1) is 18.3 Å². The molecule has 5 heteroatoms. The predicted octanol–water partition coefficient (Wildman–Crippen LogP) is 4.81. The standard InChI is InChI=1S/C26H24N2O3/c1-19-8-10-21(11-9-19)18-31-24-13-12-22(15-25(24)30-2)14-23(16-27)26(29)28-17-20-6-4-3-5-7-20/h3-15H,17-18H2,1-2H3,(H,28,29)/b23-14-. The van der Waals surface area contributed by atoms with E-state index in [0.717, 1.165) is 11.1 Å². The summed E-state index contributed by atoms with van der Waals surface area (Å²) in [4.78, 5) is 12.4. The van der Waals surface area contributed by atoms with E-state index in [1.165, 1.54) is 11.6 Å². The summed E-state index contributed by atoms with van der Waals surface area (Å²) in [6, 6.07) is 24.9. The zero-order chi connectivity index (χ0) is 22.1. The molecule has 0 bridgehead atoms. The van der Waals surface area contributed by atoms with Crippen LogP contribution >= 0.6 is 0 Å². The topological polar surface area (TPSA) is 71.3 Å². The summed E-state index contributed by atoms with van der Waals surface area (Å²) in [6.45, 7) is 2.81. The Balaban J connectivity index is 1.69. The lowest BCUT2D eigenvalue weighted by molar-refractivity contribution is -0.117. The Kier molecular flexibility index (Phi) is 7.45. The van der Waals surface area contributed by atoms with Crippen molar-refractivity contribution in [2.45, 2.75) is 20.1 Å². The molecule has 3 aromatic rings. The summed E-state index contributed by atoms with van der Waals surface area (Å²) in [7, 11) is 1.55. The molecule has 0 saturated carbocycles. The van der Waals surface area contributed by atoms with Gasteiger partial charge in [-0.1, -0.05) is 66.2 Å². The van der Waals surface area contributed by atoms with Crippen LogP contribution in [0.2, 0.25) is 0 Å². The first kappa shape index (κ1) is 21.7. The normalized spacial score (nSPS) is 10.8. The molecule has 0 aliphatic carbocycles. The molecule has 0 atom stereocenters. The maximum atomic E-state index is 12.4. The van der Waals surface area contributed by atoms with Gasteiger partial charge in [-0.25, -0.2) is 0 Å². The molecular formula is C26H24N2O3. The fourth-order valence-electron chi connectivity index (χ4n) is 2.93. The number of hydrogen-bond acceptors (Lipinski definition) is 4. The molecule has 0 unspecified atom stereocenters. The first-order valence-corrected chi connectivity index (χ1v) is 9.89. The van der Waals surface area contributed by atoms with Gasteiger partial charge in [0, 0.05) is 6.54 Å². The number of hydrogen-bond donors (Lipinski definition) is 1. The van der Waals surface area contributed by atoms with E-state index < -0.39 is 5.91 Å². The number of benzene rings is 3. The Morgan fingerprint density at radius 1 is 1.00 bits per heavy atom. The minimum Gasteiger partial charge on any atom is -0.493 e. The third-order valence-corrected chi connectivity index (χ3v) is 4.67. The summed E-state index contributed by atoms with van der Waals surface area (Å²) in [6.07, 6.45) is 1.53. The van der Waals surface area contributed by atoms with Crippen molar-refractivity contribution >= 4 is 12.0 Å². The lowest BCUT2D eigenvalue weighted by Gasteiger charge is -2.12. The van der Waals surface area contributed by atoms with Gasteiger partial charge in [0.1, 0.15) is 18.2 Å². The third kappa shape index (κ3) is 6.22. The second-order valence-corrected chi connectivity index (χ2v) is 7.02. The van der Waals surface area contributed by atoms with Crippen LogP contribution in [0.25, 0.3) is 6.08 Å². The summed E-state index contributed by atoms with van der Waals surface area (Å²) in [5.74, 6) is 0.695.